The van der Waals surface area contributed by atoms with E-state index in [0.29, 0.717) is 17.4 Å². The van der Waals surface area contributed by atoms with Gasteiger partial charge in [0.25, 0.3) is 0 Å². The zero-order chi connectivity index (χ0) is 9.84. The molecule has 0 aliphatic rings. The number of hydrogen-bond acceptors (Lipinski definition) is 1. The van der Waals surface area contributed by atoms with Crippen LogP contribution in [0.2, 0.25) is 0 Å². The summed E-state index contributed by atoms with van der Waals surface area (Å²) in [5, 5.41) is 0. The highest BCUT2D eigenvalue weighted by Crippen LogP contribution is 2.13. The first-order chi connectivity index (χ1) is 6.13. The second-order valence-electron chi connectivity index (χ2n) is 3.03. The van der Waals surface area contributed by atoms with Crippen LogP contribution in [0.3, 0.4) is 0 Å². The fourth-order valence-corrected chi connectivity index (χ4v) is 1.05. The van der Waals surface area contributed by atoms with Gasteiger partial charge in [-0.1, -0.05) is 11.6 Å². The predicted molar refractivity (Wildman–Crippen MR) is 50.9 cm³/mol. The van der Waals surface area contributed by atoms with Crippen LogP contribution in [0.4, 0.5) is 4.39 Å². The maximum Gasteiger partial charge on any atom is 0.145 e. The molecule has 13 heavy (non-hydrogen) atoms. The van der Waals surface area contributed by atoms with Gasteiger partial charge in [0.2, 0.25) is 0 Å². The fourth-order valence-electron chi connectivity index (χ4n) is 1.05. The number of allylic oxidation sites excluding steroid dienone is 1. The number of aryl methyl sites for hydroxylation is 1. The minimum absolute atomic E-state index is 0.299. The summed E-state index contributed by atoms with van der Waals surface area (Å²) in [6, 6.07) is 4.81. The summed E-state index contributed by atoms with van der Waals surface area (Å²) >= 11 is 0. The van der Waals surface area contributed by atoms with Gasteiger partial charge in [-0.05, 0) is 37.6 Å². The molecule has 0 bridgehead atoms. The Bertz CT molecular complexity index is 353. The van der Waals surface area contributed by atoms with Crippen molar-refractivity contribution in [3.05, 3.63) is 40.7 Å². The number of carbonyl (C=O) groups excluding carboxylic acids is 1. The number of halogens is 1. The van der Waals surface area contributed by atoms with E-state index >= 15 is 0 Å². The van der Waals surface area contributed by atoms with Crippen molar-refractivity contribution < 1.29 is 9.18 Å². The molecule has 1 aromatic rings. The van der Waals surface area contributed by atoms with E-state index in [4.69, 9.17) is 0 Å². The van der Waals surface area contributed by atoms with Gasteiger partial charge < -0.3 is 0 Å². The van der Waals surface area contributed by atoms with Crippen molar-refractivity contribution in [2.75, 3.05) is 0 Å². The summed E-state index contributed by atoms with van der Waals surface area (Å²) in [6.07, 6.45) is 2.25. The van der Waals surface area contributed by atoms with Crippen LogP contribution in [0.1, 0.15) is 18.1 Å². The van der Waals surface area contributed by atoms with Gasteiger partial charge in [0.1, 0.15) is 12.1 Å². The van der Waals surface area contributed by atoms with Crippen LogP contribution in [0.15, 0.2) is 23.8 Å². The van der Waals surface area contributed by atoms with Crippen molar-refractivity contribution >= 4 is 12.4 Å². The first-order valence-corrected chi connectivity index (χ1v) is 4.03. The molecule has 0 heterocycles. The van der Waals surface area contributed by atoms with E-state index in [1.807, 2.05) is 6.92 Å². The second-order valence-corrected chi connectivity index (χ2v) is 3.03. The molecule has 0 atom stereocenters. The lowest BCUT2D eigenvalue weighted by atomic mass is 10.1. The zero-order valence-corrected chi connectivity index (χ0v) is 7.67. The lowest BCUT2D eigenvalue weighted by molar-refractivity contribution is -0.104. The Morgan fingerprint density at radius 3 is 2.77 bits per heavy atom. The molecule has 0 amide bonds. The largest absolute Gasteiger partial charge is 0.298 e. The van der Waals surface area contributed by atoms with Gasteiger partial charge in [0, 0.05) is 5.56 Å². The molecule has 0 aliphatic heterocycles. The van der Waals surface area contributed by atoms with E-state index in [-0.39, 0.29) is 5.82 Å². The summed E-state index contributed by atoms with van der Waals surface area (Å²) in [4.78, 5) is 10.3. The Kier molecular flexibility index (Phi) is 2.96. The molecular formula is C11H11FO. The normalized spacial score (nSPS) is 11.5. The Hall–Kier alpha value is -1.44. The first-order valence-electron chi connectivity index (χ1n) is 4.03. The molecule has 0 saturated carbocycles. The third-order valence-electron chi connectivity index (χ3n) is 1.72. The van der Waals surface area contributed by atoms with Crippen molar-refractivity contribution in [1.29, 1.82) is 0 Å². The van der Waals surface area contributed by atoms with Crippen LogP contribution in [-0.4, -0.2) is 6.29 Å². The van der Waals surface area contributed by atoms with Crippen LogP contribution in [-0.2, 0) is 4.79 Å². The minimum atomic E-state index is -0.299. The standard InChI is InChI=1S/C11H11FO/c1-8-3-4-11(12)10(5-8)6-9(2)7-13/h3-7H,1-2H3/b9-6-. The van der Waals surface area contributed by atoms with E-state index in [0.717, 1.165) is 5.56 Å². The molecule has 0 radical (unpaired) electrons. The lowest BCUT2D eigenvalue weighted by Crippen LogP contribution is -1.85. The summed E-state index contributed by atoms with van der Waals surface area (Å²) in [7, 11) is 0. The highest BCUT2D eigenvalue weighted by atomic mass is 19.1. The molecule has 0 fully saturated rings. The van der Waals surface area contributed by atoms with Crippen LogP contribution >= 0.6 is 0 Å². The Labute approximate surface area is 76.9 Å². The first kappa shape index (κ1) is 9.65. The molecule has 0 aliphatic carbocycles. The van der Waals surface area contributed by atoms with Crippen LogP contribution < -0.4 is 0 Å². The Morgan fingerprint density at radius 2 is 2.15 bits per heavy atom. The third-order valence-corrected chi connectivity index (χ3v) is 1.72. The summed E-state index contributed by atoms with van der Waals surface area (Å²) in [5.41, 5.74) is 1.96. The van der Waals surface area contributed by atoms with Gasteiger partial charge in [-0.3, -0.25) is 4.79 Å². The molecule has 0 spiro atoms. The molecule has 1 nitrogen and oxygen atoms in total. The molecule has 68 valence electrons. The molecule has 1 aromatic carbocycles. The monoisotopic (exact) mass is 178 g/mol. The average Bonchev–Trinajstić information content (AvgIpc) is 2.11. The van der Waals surface area contributed by atoms with Crippen molar-refractivity contribution in [1.82, 2.24) is 0 Å². The van der Waals surface area contributed by atoms with Crippen molar-refractivity contribution in [3.63, 3.8) is 0 Å². The minimum Gasteiger partial charge on any atom is -0.298 e. The fraction of sp³-hybridized carbons (Fsp3) is 0.182. The number of benzene rings is 1. The highest BCUT2D eigenvalue weighted by molar-refractivity contribution is 5.80. The van der Waals surface area contributed by atoms with Crippen LogP contribution in [0, 0.1) is 12.7 Å². The lowest BCUT2D eigenvalue weighted by Gasteiger charge is -1.98. The van der Waals surface area contributed by atoms with Gasteiger partial charge in [-0.2, -0.15) is 0 Å². The van der Waals surface area contributed by atoms with Gasteiger partial charge >= 0.3 is 0 Å². The van der Waals surface area contributed by atoms with Crippen molar-refractivity contribution in [2.45, 2.75) is 13.8 Å². The van der Waals surface area contributed by atoms with E-state index in [9.17, 15) is 9.18 Å². The summed E-state index contributed by atoms with van der Waals surface area (Å²) in [5.74, 6) is -0.299. The molecule has 0 unspecified atom stereocenters. The highest BCUT2D eigenvalue weighted by Gasteiger charge is 1.98. The second kappa shape index (κ2) is 3.99. The predicted octanol–water partition coefficient (Wildman–Crippen LogP) is 2.74. The molecule has 0 aromatic heterocycles. The third kappa shape index (κ3) is 2.51. The number of carbonyl (C=O) groups is 1. The van der Waals surface area contributed by atoms with Gasteiger partial charge in [-0.25, -0.2) is 4.39 Å². The molecule has 0 N–H and O–H groups in total. The Balaban J connectivity index is 3.13. The SMILES string of the molecule is C/C(C=O)=C/c1cc(C)ccc1F. The van der Waals surface area contributed by atoms with Gasteiger partial charge in [-0.15, -0.1) is 0 Å². The quantitative estimate of drug-likeness (QED) is 0.502. The Morgan fingerprint density at radius 1 is 1.46 bits per heavy atom. The number of hydrogen-bond donors (Lipinski definition) is 0. The van der Waals surface area contributed by atoms with Gasteiger partial charge in [0.05, 0.1) is 0 Å². The smallest absolute Gasteiger partial charge is 0.145 e. The zero-order valence-electron chi connectivity index (χ0n) is 7.67. The molecule has 0 saturated heterocycles. The van der Waals surface area contributed by atoms with Gasteiger partial charge in [0.15, 0.2) is 0 Å². The summed E-state index contributed by atoms with van der Waals surface area (Å²) < 4.78 is 13.1. The van der Waals surface area contributed by atoms with E-state index in [1.165, 1.54) is 12.1 Å². The van der Waals surface area contributed by atoms with Crippen LogP contribution in [0.5, 0.6) is 0 Å². The van der Waals surface area contributed by atoms with E-state index < -0.39 is 0 Å². The van der Waals surface area contributed by atoms with Crippen molar-refractivity contribution in [2.24, 2.45) is 0 Å². The number of rotatable bonds is 2. The van der Waals surface area contributed by atoms with E-state index in [1.54, 1.807) is 19.1 Å². The van der Waals surface area contributed by atoms with Crippen molar-refractivity contribution in [3.8, 4) is 0 Å². The molecule has 2 heteroatoms. The maximum atomic E-state index is 13.1. The summed E-state index contributed by atoms with van der Waals surface area (Å²) in [6.45, 7) is 3.53. The molecule has 1 rings (SSSR count). The van der Waals surface area contributed by atoms with Crippen LogP contribution in [0.25, 0.3) is 6.08 Å². The maximum absolute atomic E-state index is 13.1. The topological polar surface area (TPSA) is 17.1 Å². The number of aldehydes is 1. The average molecular weight is 178 g/mol. The molecular weight excluding hydrogens is 167 g/mol. The van der Waals surface area contributed by atoms with E-state index in [2.05, 4.69) is 0 Å².